The molecule has 0 saturated carbocycles. The van der Waals surface area contributed by atoms with Crippen molar-refractivity contribution in [3.05, 3.63) is 23.3 Å². The Morgan fingerprint density at radius 1 is 1.25 bits per heavy atom. The topological polar surface area (TPSA) is 18.5 Å². The molecule has 2 aliphatic rings. The minimum atomic E-state index is -2.04. The first-order valence-electron chi connectivity index (χ1n) is 6.28. The molecule has 16 heavy (non-hydrogen) atoms. The predicted molar refractivity (Wildman–Crippen MR) is 68.6 cm³/mol. The zero-order valence-electron chi connectivity index (χ0n) is 10.6. The van der Waals surface area contributed by atoms with E-state index in [0.717, 1.165) is 6.04 Å². The third-order valence-corrected chi connectivity index (χ3v) is 7.93. The van der Waals surface area contributed by atoms with Crippen LogP contribution in [0.2, 0.25) is 11.6 Å². The Hall–Kier alpha value is -0.383. The van der Waals surface area contributed by atoms with Crippen LogP contribution in [0.1, 0.15) is 32.6 Å². The van der Waals surface area contributed by atoms with Crippen molar-refractivity contribution in [2.75, 3.05) is 14.2 Å². The van der Waals surface area contributed by atoms with Crippen LogP contribution in [0.4, 0.5) is 0 Å². The molecule has 0 spiro atoms. The molecule has 1 atom stereocenters. The van der Waals surface area contributed by atoms with Gasteiger partial charge in [-0.2, -0.15) is 0 Å². The second-order valence-corrected chi connectivity index (χ2v) is 8.44. The molecule has 2 aliphatic carbocycles. The summed E-state index contributed by atoms with van der Waals surface area (Å²) in [6.07, 6.45) is 9.82. The Morgan fingerprint density at radius 3 is 2.56 bits per heavy atom. The summed E-state index contributed by atoms with van der Waals surface area (Å²) in [5.74, 6) is 0. The normalized spacial score (nSPS) is 25.1. The van der Waals surface area contributed by atoms with Gasteiger partial charge in [-0.25, -0.2) is 0 Å². The van der Waals surface area contributed by atoms with Gasteiger partial charge in [-0.15, -0.1) is 0 Å². The summed E-state index contributed by atoms with van der Waals surface area (Å²) < 4.78 is 11.6. The van der Waals surface area contributed by atoms with Gasteiger partial charge in [0.2, 0.25) is 0 Å². The van der Waals surface area contributed by atoms with E-state index in [-0.39, 0.29) is 0 Å². The molecule has 0 fully saturated rings. The summed E-state index contributed by atoms with van der Waals surface area (Å²) in [6, 6.07) is 1.02. The van der Waals surface area contributed by atoms with Crippen LogP contribution in [0.5, 0.6) is 0 Å². The number of hydrogen-bond acceptors (Lipinski definition) is 2. The van der Waals surface area contributed by atoms with Gasteiger partial charge in [-0.1, -0.05) is 24.6 Å². The predicted octanol–water partition coefficient (Wildman–Crippen LogP) is 3.55. The van der Waals surface area contributed by atoms with Crippen LogP contribution >= 0.6 is 0 Å². The molecular weight excluding hydrogens is 216 g/mol. The van der Waals surface area contributed by atoms with E-state index in [0.29, 0.717) is 5.54 Å². The number of hydrogen-bond donors (Lipinski definition) is 0. The van der Waals surface area contributed by atoms with Gasteiger partial charge in [-0.05, 0) is 37.3 Å². The first-order chi connectivity index (χ1) is 7.77. The lowest BCUT2D eigenvalue weighted by atomic mass is 9.94. The average Bonchev–Trinajstić information content (AvgIpc) is 2.77. The minimum absolute atomic E-state index is 0.461. The highest BCUT2D eigenvalue weighted by atomic mass is 28.4. The molecule has 0 aromatic heterocycles. The van der Waals surface area contributed by atoms with Crippen LogP contribution in [0.15, 0.2) is 23.3 Å². The lowest BCUT2D eigenvalue weighted by molar-refractivity contribution is 0.238. The van der Waals surface area contributed by atoms with Gasteiger partial charge in [0.15, 0.2) is 0 Å². The summed E-state index contributed by atoms with van der Waals surface area (Å²) in [5.41, 5.74) is 3.64. The molecule has 1 unspecified atom stereocenters. The largest absolute Gasteiger partial charge is 0.397 e. The summed E-state index contributed by atoms with van der Waals surface area (Å²) in [5, 5.41) is 0. The van der Waals surface area contributed by atoms with E-state index in [1.807, 2.05) is 14.2 Å². The Morgan fingerprint density at radius 2 is 1.94 bits per heavy atom. The Kier molecular flexibility index (Phi) is 3.67. The molecule has 2 rings (SSSR count). The first kappa shape index (κ1) is 12.1. The molecule has 0 aromatic rings. The van der Waals surface area contributed by atoms with Crippen LogP contribution in [0.25, 0.3) is 0 Å². The highest BCUT2D eigenvalue weighted by Crippen LogP contribution is 2.46. The van der Waals surface area contributed by atoms with Crippen LogP contribution in [0, 0.1) is 0 Å². The maximum Gasteiger partial charge on any atom is 0.348 e. The number of rotatable bonds is 4. The third-order valence-electron chi connectivity index (χ3n) is 4.08. The van der Waals surface area contributed by atoms with Crippen molar-refractivity contribution >= 4 is 8.56 Å². The van der Waals surface area contributed by atoms with Crippen molar-refractivity contribution in [2.45, 2.75) is 44.2 Å². The van der Waals surface area contributed by atoms with Crippen molar-refractivity contribution in [1.29, 1.82) is 0 Å². The molecule has 0 aromatic carbocycles. The second-order valence-electron chi connectivity index (χ2n) is 4.67. The Balaban J connectivity index is 2.28. The maximum atomic E-state index is 5.80. The fraction of sp³-hybridized carbons (Fsp3) is 0.692. The van der Waals surface area contributed by atoms with Crippen LogP contribution in [0.3, 0.4) is 0 Å². The molecule has 0 N–H and O–H groups in total. The van der Waals surface area contributed by atoms with E-state index in [9.17, 15) is 0 Å². The van der Waals surface area contributed by atoms with Crippen LogP contribution in [-0.4, -0.2) is 22.8 Å². The van der Waals surface area contributed by atoms with Gasteiger partial charge in [-0.3, -0.25) is 0 Å². The van der Waals surface area contributed by atoms with Gasteiger partial charge in [0.1, 0.15) is 0 Å². The lowest BCUT2D eigenvalue weighted by Gasteiger charge is -2.34. The zero-order chi connectivity index (χ0) is 11.6. The maximum absolute atomic E-state index is 5.80. The molecule has 3 heteroatoms. The Bertz CT molecular complexity index is 308. The average molecular weight is 238 g/mol. The first-order valence-corrected chi connectivity index (χ1v) is 8.38. The quantitative estimate of drug-likeness (QED) is 0.697. The molecule has 0 amide bonds. The fourth-order valence-electron chi connectivity index (χ4n) is 3.08. The smallest absolute Gasteiger partial charge is 0.348 e. The molecule has 0 bridgehead atoms. The molecule has 2 nitrogen and oxygen atoms in total. The van der Waals surface area contributed by atoms with Crippen molar-refractivity contribution in [3.63, 3.8) is 0 Å². The van der Waals surface area contributed by atoms with Gasteiger partial charge in [0.05, 0.1) is 0 Å². The Labute approximate surface area is 99.6 Å². The lowest BCUT2D eigenvalue weighted by Crippen LogP contribution is -2.44. The highest BCUT2D eigenvalue weighted by Gasteiger charge is 2.45. The van der Waals surface area contributed by atoms with Gasteiger partial charge < -0.3 is 8.85 Å². The van der Waals surface area contributed by atoms with E-state index in [1.165, 1.54) is 25.7 Å². The molecule has 0 heterocycles. The molecule has 0 radical (unpaired) electrons. The van der Waals surface area contributed by atoms with Crippen molar-refractivity contribution in [2.24, 2.45) is 0 Å². The standard InChI is InChI=1S/C13H22O2Si/c1-4-16(14-2,15-3)13-10-9-11-7-5-6-8-12(11)13/h9-10,13H,4-8H2,1-3H3. The van der Waals surface area contributed by atoms with E-state index in [2.05, 4.69) is 19.1 Å². The van der Waals surface area contributed by atoms with Gasteiger partial charge in [0.25, 0.3) is 0 Å². The van der Waals surface area contributed by atoms with E-state index < -0.39 is 8.56 Å². The van der Waals surface area contributed by atoms with Crippen LogP contribution in [-0.2, 0) is 8.85 Å². The van der Waals surface area contributed by atoms with Crippen molar-refractivity contribution in [3.8, 4) is 0 Å². The SMILES string of the molecule is CC[Si](OC)(OC)C1C=CC2=C1CCCC2. The summed E-state index contributed by atoms with van der Waals surface area (Å²) in [7, 11) is 1.59. The summed E-state index contributed by atoms with van der Waals surface area (Å²) in [4.78, 5) is 0. The molecule has 0 saturated heterocycles. The summed E-state index contributed by atoms with van der Waals surface area (Å²) in [6.45, 7) is 2.19. The van der Waals surface area contributed by atoms with Gasteiger partial charge >= 0.3 is 8.56 Å². The molecule has 0 aliphatic heterocycles. The van der Waals surface area contributed by atoms with Crippen molar-refractivity contribution in [1.82, 2.24) is 0 Å². The van der Waals surface area contributed by atoms with E-state index in [4.69, 9.17) is 8.85 Å². The fourth-order valence-corrected chi connectivity index (χ4v) is 6.03. The highest BCUT2D eigenvalue weighted by molar-refractivity contribution is 6.70. The van der Waals surface area contributed by atoms with Crippen molar-refractivity contribution < 1.29 is 8.85 Å². The van der Waals surface area contributed by atoms with Gasteiger partial charge in [0, 0.05) is 19.8 Å². The monoisotopic (exact) mass is 238 g/mol. The third kappa shape index (κ3) is 1.81. The molecular formula is C13H22O2Si. The van der Waals surface area contributed by atoms with E-state index in [1.54, 1.807) is 11.1 Å². The molecule has 90 valence electrons. The second kappa shape index (κ2) is 4.86. The summed E-state index contributed by atoms with van der Waals surface area (Å²) >= 11 is 0. The zero-order valence-corrected chi connectivity index (χ0v) is 11.6. The minimum Gasteiger partial charge on any atom is -0.397 e. The van der Waals surface area contributed by atoms with Crippen LogP contribution < -0.4 is 0 Å². The van der Waals surface area contributed by atoms with E-state index >= 15 is 0 Å². The number of allylic oxidation sites excluding steroid dienone is 4.